The van der Waals surface area contributed by atoms with Crippen LogP contribution in [-0.2, 0) is 6.54 Å². The van der Waals surface area contributed by atoms with Gasteiger partial charge in [0.1, 0.15) is 11.6 Å². The summed E-state index contributed by atoms with van der Waals surface area (Å²) in [6.45, 7) is 2.11. The second-order valence-electron chi connectivity index (χ2n) is 8.32. The SMILES string of the molecule is Cc1cccc(F)c1N1Cc2cnc(N)cc2N([C@H]2CCCC(N(C)C)C2)C1=O. The zero-order valence-corrected chi connectivity index (χ0v) is 17.2. The smallest absolute Gasteiger partial charge is 0.329 e. The van der Waals surface area contributed by atoms with Crippen molar-refractivity contribution in [2.45, 2.75) is 51.2 Å². The first-order chi connectivity index (χ1) is 13.9. The van der Waals surface area contributed by atoms with Crippen molar-refractivity contribution in [1.29, 1.82) is 0 Å². The maximum atomic E-state index is 14.7. The van der Waals surface area contributed by atoms with E-state index in [0.29, 0.717) is 17.5 Å². The number of fused-ring (bicyclic) bond motifs is 1. The Bertz CT molecular complexity index is 911. The Hall–Kier alpha value is -2.67. The minimum absolute atomic E-state index is 0.0408. The Balaban J connectivity index is 1.78. The van der Waals surface area contributed by atoms with Gasteiger partial charge in [-0.05, 0) is 58.3 Å². The number of pyridine rings is 1. The molecule has 0 saturated heterocycles. The molecule has 1 saturated carbocycles. The molecular weight excluding hydrogens is 369 g/mol. The van der Waals surface area contributed by atoms with E-state index in [9.17, 15) is 9.18 Å². The van der Waals surface area contributed by atoms with Gasteiger partial charge < -0.3 is 10.6 Å². The van der Waals surface area contributed by atoms with E-state index in [4.69, 9.17) is 5.73 Å². The molecule has 2 amide bonds. The first-order valence-electron chi connectivity index (χ1n) is 10.1. The number of carbonyl (C=O) groups excluding carboxylic acids is 1. The lowest BCUT2D eigenvalue weighted by atomic mass is 9.88. The molecule has 2 heterocycles. The van der Waals surface area contributed by atoms with E-state index in [2.05, 4.69) is 24.0 Å². The number of anilines is 3. The monoisotopic (exact) mass is 397 g/mol. The van der Waals surface area contributed by atoms with Crippen LogP contribution in [-0.4, -0.2) is 42.1 Å². The maximum absolute atomic E-state index is 14.7. The summed E-state index contributed by atoms with van der Waals surface area (Å²) in [4.78, 5) is 23.5. The van der Waals surface area contributed by atoms with Crippen LogP contribution in [0.1, 0.15) is 36.8 Å². The molecule has 4 rings (SSSR count). The number of aromatic nitrogens is 1. The van der Waals surface area contributed by atoms with E-state index in [0.717, 1.165) is 42.5 Å². The van der Waals surface area contributed by atoms with Crippen LogP contribution in [0.25, 0.3) is 0 Å². The van der Waals surface area contributed by atoms with Gasteiger partial charge in [-0.1, -0.05) is 12.1 Å². The van der Waals surface area contributed by atoms with Crippen molar-refractivity contribution in [3.05, 3.63) is 47.4 Å². The molecule has 154 valence electrons. The predicted octanol–water partition coefficient (Wildman–Crippen LogP) is 3.93. The Labute approximate surface area is 171 Å². The van der Waals surface area contributed by atoms with Gasteiger partial charge in [-0.15, -0.1) is 0 Å². The molecule has 1 aliphatic carbocycles. The summed E-state index contributed by atoms with van der Waals surface area (Å²) < 4.78 is 14.7. The number of rotatable bonds is 3. The molecule has 1 aromatic heterocycles. The number of para-hydroxylation sites is 1. The molecule has 1 aliphatic heterocycles. The highest BCUT2D eigenvalue weighted by Crippen LogP contribution is 2.39. The van der Waals surface area contributed by atoms with Gasteiger partial charge in [0.15, 0.2) is 0 Å². The molecule has 2 N–H and O–H groups in total. The van der Waals surface area contributed by atoms with Gasteiger partial charge in [0, 0.05) is 29.9 Å². The molecule has 7 heteroatoms. The van der Waals surface area contributed by atoms with Crippen molar-refractivity contribution in [3.63, 3.8) is 0 Å². The standard InChI is InChI=1S/C22H28FN5O/c1-14-6-4-9-18(23)21(14)27-13-15-12-25-20(24)11-19(15)28(22(27)29)17-8-5-7-16(10-17)26(2)3/h4,6,9,11-12,16-17H,5,7-8,10,13H2,1-3H3,(H2,24,25)/t16?,17-/m0/s1. The van der Waals surface area contributed by atoms with E-state index < -0.39 is 0 Å². The van der Waals surface area contributed by atoms with Crippen LogP contribution in [0.4, 0.5) is 26.4 Å². The average Bonchev–Trinajstić information content (AvgIpc) is 2.68. The zero-order chi connectivity index (χ0) is 20.7. The van der Waals surface area contributed by atoms with Gasteiger partial charge in [0.05, 0.1) is 17.9 Å². The molecule has 0 bridgehead atoms. The molecule has 2 atom stereocenters. The molecule has 2 aromatic rings. The third-order valence-corrected chi connectivity index (χ3v) is 6.18. The number of nitrogen functional groups attached to an aromatic ring is 1. The minimum Gasteiger partial charge on any atom is -0.384 e. The first-order valence-corrected chi connectivity index (χ1v) is 10.1. The van der Waals surface area contributed by atoms with Crippen LogP contribution < -0.4 is 15.5 Å². The Morgan fingerprint density at radius 1 is 1.28 bits per heavy atom. The lowest BCUT2D eigenvalue weighted by Crippen LogP contribution is -2.54. The number of benzene rings is 1. The first kappa shape index (κ1) is 19.6. The van der Waals surface area contributed by atoms with Gasteiger partial charge in [0.25, 0.3) is 0 Å². The van der Waals surface area contributed by atoms with Crippen molar-refractivity contribution in [1.82, 2.24) is 9.88 Å². The summed E-state index contributed by atoms with van der Waals surface area (Å²) in [5, 5.41) is 0. The largest absolute Gasteiger partial charge is 0.384 e. The number of hydrogen-bond acceptors (Lipinski definition) is 4. The van der Waals surface area contributed by atoms with Crippen LogP contribution >= 0.6 is 0 Å². The predicted molar refractivity (Wildman–Crippen MR) is 114 cm³/mol. The average molecular weight is 397 g/mol. The summed E-state index contributed by atoms with van der Waals surface area (Å²) in [5.41, 5.74) is 8.72. The number of amides is 2. The summed E-state index contributed by atoms with van der Waals surface area (Å²) in [6.07, 6.45) is 5.67. The van der Waals surface area contributed by atoms with E-state index in [1.54, 1.807) is 23.2 Å². The molecule has 1 fully saturated rings. The summed E-state index contributed by atoms with van der Waals surface area (Å²) >= 11 is 0. The molecule has 1 aromatic carbocycles. The van der Waals surface area contributed by atoms with Gasteiger partial charge in [-0.2, -0.15) is 0 Å². The fourth-order valence-corrected chi connectivity index (χ4v) is 4.64. The van der Waals surface area contributed by atoms with Crippen LogP contribution in [0.15, 0.2) is 30.5 Å². The zero-order valence-electron chi connectivity index (χ0n) is 17.2. The number of halogens is 1. The molecule has 6 nitrogen and oxygen atoms in total. The number of nitrogens with two attached hydrogens (primary N) is 1. The van der Waals surface area contributed by atoms with Crippen LogP contribution in [0.5, 0.6) is 0 Å². The second kappa shape index (κ2) is 7.63. The second-order valence-corrected chi connectivity index (χ2v) is 8.32. The highest BCUT2D eigenvalue weighted by Gasteiger charge is 2.39. The molecule has 0 spiro atoms. The topological polar surface area (TPSA) is 65.7 Å². The molecule has 0 radical (unpaired) electrons. The van der Waals surface area contributed by atoms with Crippen LogP contribution in [0.2, 0.25) is 0 Å². The van der Waals surface area contributed by atoms with Gasteiger partial charge >= 0.3 is 6.03 Å². The summed E-state index contributed by atoms with van der Waals surface area (Å²) in [5.74, 6) is -0.00277. The van der Waals surface area contributed by atoms with Crippen molar-refractivity contribution in [2.75, 3.05) is 29.6 Å². The van der Waals surface area contributed by atoms with Crippen molar-refractivity contribution >= 4 is 23.2 Å². The molecule has 1 unspecified atom stereocenters. The normalized spacial score (nSPS) is 22.2. The number of hydrogen-bond donors (Lipinski definition) is 1. The van der Waals surface area contributed by atoms with E-state index in [-0.39, 0.29) is 24.4 Å². The van der Waals surface area contributed by atoms with Gasteiger partial charge in [-0.25, -0.2) is 14.2 Å². The van der Waals surface area contributed by atoms with Crippen molar-refractivity contribution < 1.29 is 9.18 Å². The highest BCUT2D eigenvalue weighted by molar-refractivity contribution is 6.07. The van der Waals surface area contributed by atoms with E-state index in [1.807, 2.05) is 17.9 Å². The number of aryl methyl sites for hydroxylation is 1. The summed E-state index contributed by atoms with van der Waals surface area (Å²) in [6, 6.07) is 6.93. The Morgan fingerprint density at radius 3 is 2.79 bits per heavy atom. The van der Waals surface area contributed by atoms with Crippen LogP contribution in [0, 0.1) is 12.7 Å². The van der Waals surface area contributed by atoms with E-state index >= 15 is 0 Å². The molecule has 2 aliphatic rings. The quantitative estimate of drug-likeness (QED) is 0.852. The fourth-order valence-electron chi connectivity index (χ4n) is 4.64. The van der Waals surface area contributed by atoms with Gasteiger partial charge in [-0.3, -0.25) is 9.80 Å². The number of nitrogens with zero attached hydrogens (tertiary/aromatic N) is 4. The Morgan fingerprint density at radius 2 is 2.07 bits per heavy atom. The third-order valence-electron chi connectivity index (χ3n) is 6.18. The molecular formula is C22H28FN5O. The fraction of sp³-hybridized carbons (Fsp3) is 0.455. The maximum Gasteiger partial charge on any atom is 0.329 e. The lowest BCUT2D eigenvalue weighted by Gasteiger charge is -2.45. The molecule has 29 heavy (non-hydrogen) atoms. The van der Waals surface area contributed by atoms with Gasteiger partial charge in [0.2, 0.25) is 0 Å². The lowest BCUT2D eigenvalue weighted by molar-refractivity contribution is 0.205. The number of carbonyl (C=O) groups is 1. The van der Waals surface area contributed by atoms with Crippen LogP contribution in [0.3, 0.4) is 0 Å². The van der Waals surface area contributed by atoms with Crippen molar-refractivity contribution in [2.24, 2.45) is 0 Å². The number of urea groups is 1. The van der Waals surface area contributed by atoms with E-state index in [1.165, 1.54) is 6.07 Å². The van der Waals surface area contributed by atoms with Crippen molar-refractivity contribution in [3.8, 4) is 0 Å². The minimum atomic E-state index is -0.389. The Kier molecular flexibility index (Phi) is 5.17. The highest BCUT2D eigenvalue weighted by atomic mass is 19.1. The summed E-state index contributed by atoms with van der Waals surface area (Å²) in [7, 11) is 4.16. The third kappa shape index (κ3) is 3.55.